The Balaban J connectivity index is 2.31. The Hall–Kier alpha value is -1.62. The minimum absolute atomic E-state index is 0.460. The number of hydrogen-bond donors (Lipinski definition) is 0. The fourth-order valence-corrected chi connectivity index (χ4v) is 2.98. The molecule has 0 radical (unpaired) electrons. The molecule has 0 saturated carbocycles. The van der Waals surface area contributed by atoms with Crippen molar-refractivity contribution in [2.24, 2.45) is 10.2 Å². The van der Waals surface area contributed by atoms with Crippen LogP contribution in [0, 0.1) is 0 Å². The van der Waals surface area contributed by atoms with Crippen LogP contribution in [0.25, 0.3) is 11.0 Å². The summed E-state index contributed by atoms with van der Waals surface area (Å²) in [4.78, 5) is 4.64. The second kappa shape index (κ2) is 3.95. The molecule has 3 rings (SSSR count). The van der Waals surface area contributed by atoms with E-state index in [9.17, 15) is 0 Å². The number of aromatic nitrogens is 2. The van der Waals surface area contributed by atoms with Crippen LogP contribution < -0.4 is 0 Å². The van der Waals surface area contributed by atoms with Crippen molar-refractivity contribution in [3.63, 3.8) is 0 Å². The lowest BCUT2D eigenvalue weighted by molar-refractivity contribution is 0.406. The summed E-state index contributed by atoms with van der Waals surface area (Å²) in [6.07, 6.45) is 4.10. The molecule has 0 aliphatic carbocycles. The molecule has 1 aromatic heterocycles. The number of fused-ring (bicyclic) bond motifs is 1. The van der Waals surface area contributed by atoms with Crippen LogP contribution >= 0.6 is 11.8 Å². The SMILES string of the molecule is CSc1nc2ccccc2n1C1(C)C=C(C)N=N1. The van der Waals surface area contributed by atoms with Crippen LogP contribution in [0.15, 0.2) is 51.4 Å². The second-order valence-corrected chi connectivity index (χ2v) is 5.28. The highest BCUT2D eigenvalue weighted by molar-refractivity contribution is 7.98. The molecule has 0 saturated heterocycles. The Bertz CT molecular complexity index is 671. The zero-order chi connectivity index (χ0) is 12.8. The molecule has 2 heterocycles. The first-order valence-corrected chi connectivity index (χ1v) is 7.01. The summed E-state index contributed by atoms with van der Waals surface area (Å²) >= 11 is 1.63. The van der Waals surface area contributed by atoms with Gasteiger partial charge in [-0.1, -0.05) is 23.9 Å². The molecule has 92 valence electrons. The van der Waals surface area contributed by atoms with Gasteiger partial charge < -0.3 is 0 Å². The van der Waals surface area contributed by atoms with Gasteiger partial charge in [0.05, 0.1) is 16.7 Å². The van der Waals surface area contributed by atoms with E-state index in [2.05, 4.69) is 38.8 Å². The van der Waals surface area contributed by atoms with Crippen LogP contribution in [0.2, 0.25) is 0 Å². The Labute approximate surface area is 110 Å². The van der Waals surface area contributed by atoms with E-state index in [1.807, 2.05) is 31.4 Å². The minimum Gasteiger partial charge on any atom is -0.288 e. The van der Waals surface area contributed by atoms with Crippen molar-refractivity contribution in [3.05, 3.63) is 36.0 Å². The maximum absolute atomic E-state index is 4.64. The van der Waals surface area contributed by atoms with E-state index in [1.54, 1.807) is 11.8 Å². The van der Waals surface area contributed by atoms with E-state index in [0.717, 1.165) is 21.9 Å². The fraction of sp³-hybridized carbons (Fsp3) is 0.308. The molecule has 0 amide bonds. The zero-order valence-corrected chi connectivity index (χ0v) is 11.4. The van der Waals surface area contributed by atoms with Crippen molar-refractivity contribution in [2.75, 3.05) is 6.26 Å². The summed E-state index contributed by atoms with van der Waals surface area (Å²) in [6.45, 7) is 4.02. The lowest BCUT2D eigenvalue weighted by Crippen LogP contribution is -2.24. The van der Waals surface area contributed by atoms with Crippen LogP contribution in [0.3, 0.4) is 0 Å². The average Bonchev–Trinajstić information content (AvgIpc) is 2.90. The highest BCUT2D eigenvalue weighted by Crippen LogP contribution is 2.35. The van der Waals surface area contributed by atoms with E-state index in [0.29, 0.717) is 0 Å². The van der Waals surface area contributed by atoms with Gasteiger partial charge in [0.25, 0.3) is 0 Å². The molecule has 1 unspecified atom stereocenters. The van der Waals surface area contributed by atoms with E-state index in [4.69, 9.17) is 0 Å². The summed E-state index contributed by atoms with van der Waals surface area (Å²) in [5.74, 6) is 0. The van der Waals surface area contributed by atoms with Crippen molar-refractivity contribution in [1.82, 2.24) is 9.55 Å². The third-order valence-corrected chi connectivity index (χ3v) is 3.70. The number of thioether (sulfide) groups is 1. The number of rotatable bonds is 2. The molecule has 1 aromatic carbocycles. The number of hydrogen-bond acceptors (Lipinski definition) is 4. The lowest BCUT2D eigenvalue weighted by atomic mass is 10.2. The van der Waals surface area contributed by atoms with E-state index in [1.165, 1.54) is 0 Å². The molecule has 0 fully saturated rings. The maximum atomic E-state index is 4.64. The molecular weight excluding hydrogens is 244 g/mol. The first-order chi connectivity index (χ1) is 8.64. The zero-order valence-electron chi connectivity index (χ0n) is 10.6. The molecule has 18 heavy (non-hydrogen) atoms. The molecule has 2 aromatic rings. The smallest absolute Gasteiger partial charge is 0.177 e. The third kappa shape index (κ3) is 1.58. The Morgan fingerprint density at radius 3 is 2.72 bits per heavy atom. The number of azo groups is 1. The molecular formula is C13H14N4S. The number of allylic oxidation sites excluding steroid dienone is 1. The van der Waals surface area contributed by atoms with Gasteiger partial charge in [-0.2, -0.15) is 10.2 Å². The van der Waals surface area contributed by atoms with Gasteiger partial charge in [0.1, 0.15) is 0 Å². The summed E-state index contributed by atoms with van der Waals surface area (Å²) in [6, 6.07) is 8.13. The Morgan fingerprint density at radius 1 is 1.28 bits per heavy atom. The van der Waals surface area contributed by atoms with Crippen molar-refractivity contribution >= 4 is 22.8 Å². The van der Waals surface area contributed by atoms with Gasteiger partial charge in [0.2, 0.25) is 0 Å². The minimum atomic E-state index is -0.460. The van der Waals surface area contributed by atoms with Gasteiger partial charge in [-0.25, -0.2) is 4.98 Å². The van der Waals surface area contributed by atoms with Gasteiger partial charge in [-0.3, -0.25) is 4.57 Å². The average molecular weight is 258 g/mol. The monoisotopic (exact) mass is 258 g/mol. The van der Waals surface area contributed by atoms with Crippen molar-refractivity contribution in [2.45, 2.75) is 24.7 Å². The largest absolute Gasteiger partial charge is 0.288 e. The normalized spacial score (nSPS) is 22.7. The summed E-state index contributed by atoms with van der Waals surface area (Å²) in [5.41, 5.74) is 2.58. The van der Waals surface area contributed by atoms with Gasteiger partial charge in [0.15, 0.2) is 10.8 Å². The predicted octanol–water partition coefficient (Wildman–Crippen LogP) is 3.80. The van der Waals surface area contributed by atoms with Gasteiger partial charge >= 0.3 is 0 Å². The summed E-state index contributed by atoms with van der Waals surface area (Å²) < 4.78 is 2.15. The van der Waals surface area contributed by atoms with Gasteiger partial charge in [-0.15, -0.1) is 0 Å². The highest BCUT2D eigenvalue weighted by Gasteiger charge is 2.31. The predicted molar refractivity (Wildman–Crippen MR) is 73.8 cm³/mol. The van der Waals surface area contributed by atoms with Crippen LogP contribution in [0.4, 0.5) is 0 Å². The molecule has 1 atom stereocenters. The maximum Gasteiger partial charge on any atom is 0.177 e. The molecule has 1 aliphatic rings. The highest BCUT2D eigenvalue weighted by atomic mass is 32.2. The first-order valence-electron chi connectivity index (χ1n) is 5.78. The van der Waals surface area contributed by atoms with E-state index in [-0.39, 0.29) is 0 Å². The molecule has 4 nitrogen and oxygen atoms in total. The van der Waals surface area contributed by atoms with Crippen molar-refractivity contribution < 1.29 is 0 Å². The quantitative estimate of drug-likeness (QED) is 0.769. The van der Waals surface area contributed by atoms with Crippen LogP contribution in [-0.4, -0.2) is 15.8 Å². The van der Waals surface area contributed by atoms with E-state index < -0.39 is 5.66 Å². The number of para-hydroxylation sites is 2. The summed E-state index contributed by atoms with van der Waals surface area (Å²) in [7, 11) is 0. The third-order valence-electron chi connectivity index (χ3n) is 3.06. The van der Waals surface area contributed by atoms with Crippen LogP contribution in [-0.2, 0) is 5.66 Å². The lowest BCUT2D eigenvalue weighted by Gasteiger charge is -2.21. The second-order valence-electron chi connectivity index (χ2n) is 4.50. The van der Waals surface area contributed by atoms with E-state index >= 15 is 0 Å². The molecule has 1 aliphatic heterocycles. The molecule has 5 heteroatoms. The Kier molecular flexibility index (Phi) is 2.52. The summed E-state index contributed by atoms with van der Waals surface area (Å²) in [5, 5.41) is 9.51. The molecule has 0 spiro atoms. The number of imidazole rings is 1. The number of nitrogens with zero attached hydrogens (tertiary/aromatic N) is 4. The topological polar surface area (TPSA) is 42.5 Å². The standard InChI is InChI=1S/C13H14N4S/c1-9-8-13(2,16-15-9)17-11-7-5-4-6-10(11)14-12(17)18-3/h4-8H,1-3H3. The first kappa shape index (κ1) is 11.5. The van der Waals surface area contributed by atoms with Crippen molar-refractivity contribution in [3.8, 4) is 0 Å². The number of benzene rings is 1. The van der Waals surface area contributed by atoms with Gasteiger partial charge in [0, 0.05) is 0 Å². The van der Waals surface area contributed by atoms with Crippen molar-refractivity contribution in [1.29, 1.82) is 0 Å². The van der Waals surface area contributed by atoms with Crippen LogP contribution in [0.5, 0.6) is 0 Å². The molecule has 0 N–H and O–H groups in total. The fourth-order valence-electron chi connectivity index (χ4n) is 2.32. The van der Waals surface area contributed by atoms with Crippen LogP contribution in [0.1, 0.15) is 13.8 Å². The van der Waals surface area contributed by atoms with Gasteiger partial charge in [-0.05, 0) is 38.3 Å². The Morgan fingerprint density at radius 2 is 2.06 bits per heavy atom. The molecule has 0 bridgehead atoms.